The van der Waals surface area contributed by atoms with Gasteiger partial charge in [0.05, 0.1) is 0 Å². The van der Waals surface area contributed by atoms with Crippen molar-refractivity contribution >= 4 is 18.0 Å². The fraction of sp³-hybridized carbons (Fsp3) is 0.250. The molecule has 0 bridgehead atoms. The number of allylic oxidation sites excluding steroid dienone is 1. The van der Waals surface area contributed by atoms with Crippen LogP contribution in [0.3, 0.4) is 0 Å². The number of aldehydes is 1. The number of carbonyl (C=O) groups is 1. The maximum atomic E-state index is 10.3. The molecule has 0 amide bonds. The van der Waals surface area contributed by atoms with Crippen molar-refractivity contribution in [3.63, 3.8) is 0 Å². The summed E-state index contributed by atoms with van der Waals surface area (Å²) in [6, 6.07) is 7.87. The van der Waals surface area contributed by atoms with Crippen LogP contribution in [0.4, 0.5) is 0 Å². The zero-order valence-corrected chi connectivity index (χ0v) is 9.71. The van der Waals surface area contributed by atoms with Gasteiger partial charge in [-0.1, -0.05) is 0 Å². The summed E-state index contributed by atoms with van der Waals surface area (Å²) in [5.41, 5.74) is 0.690. The Labute approximate surface area is 94.3 Å². The average Bonchev–Trinajstić information content (AvgIpc) is 2.29. The Morgan fingerprint density at radius 2 is 2.07 bits per heavy atom. The van der Waals surface area contributed by atoms with Gasteiger partial charge in [0.25, 0.3) is 0 Å². The topological polar surface area (TPSA) is 26.3 Å². The molecule has 0 saturated carbocycles. The maximum Gasteiger partial charge on any atom is 0.145 e. The number of thioether (sulfide) groups is 1. The smallest absolute Gasteiger partial charge is 0.145 e. The second kappa shape index (κ2) is 6.30. The molecule has 0 spiro atoms. The van der Waals surface area contributed by atoms with E-state index < -0.39 is 0 Å². The normalized spacial score (nSPS) is 11.2. The second-order valence-corrected chi connectivity index (χ2v) is 3.93. The van der Waals surface area contributed by atoms with E-state index in [-0.39, 0.29) is 0 Å². The summed E-state index contributed by atoms with van der Waals surface area (Å²) in [6.45, 7) is 2.19. The highest BCUT2D eigenvalue weighted by atomic mass is 32.2. The molecule has 0 atom stereocenters. The van der Waals surface area contributed by atoms with E-state index in [0.29, 0.717) is 12.2 Å². The van der Waals surface area contributed by atoms with E-state index in [9.17, 15) is 4.79 Å². The Morgan fingerprint density at radius 1 is 1.40 bits per heavy atom. The van der Waals surface area contributed by atoms with Crippen molar-refractivity contribution in [3.05, 3.63) is 35.9 Å². The van der Waals surface area contributed by atoms with Crippen LogP contribution in [0.1, 0.15) is 6.92 Å². The number of hydrogen-bond acceptors (Lipinski definition) is 3. The monoisotopic (exact) mass is 222 g/mol. The largest absolute Gasteiger partial charge is 0.490 e. The fourth-order valence-corrected chi connectivity index (χ4v) is 1.40. The van der Waals surface area contributed by atoms with Crippen molar-refractivity contribution in [2.45, 2.75) is 11.8 Å². The molecule has 0 heterocycles. The highest BCUT2D eigenvalue weighted by Crippen LogP contribution is 2.18. The van der Waals surface area contributed by atoms with Crippen LogP contribution >= 0.6 is 11.8 Å². The van der Waals surface area contributed by atoms with E-state index >= 15 is 0 Å². The van der Waals surface area contributed by atoms with Gasteiger partial charge in [0.2, 0.25) is 0 Å². The van der Waals surface area contributed by atoms with Gasteiger partial charge >= 0.3 is 0 Å². The van der Waals surface area contributed by atoms with Gasteiger partial charge in [-0.15, -0.1) is 11.8 Å². The summed E-state index contributed by atoms with van der Waals surface area (Å²) in [7, 11) is 0. The summed E-state index contributed by atoms with van der Waals surface area (Å²) in [6.07, 6.45) is 4.61. The molecule has 0 aromatic heterocycles. The second-order valence-electron chi connectivity index (χ2n) is 3.05. The minimum absolute atomic E-state index is 0.434. The first-order valence-electron chi connectivity index (χ1n) is 4.65. The lowest BCUT2D eigenvalue weighted by atomic mass is 10.3. The molecule has 0 radical (unpaired) electrons. The van der Waals surface area contributed by atoms with Crippen molar-refractivity contribution in [3.8, 4) is 5.75 Å². The first-order chi connectivity index (χ1) is 7.26. The fourth-order valence-electron chi connectivity index (χ4n) is 0.989. The Kier molecular flexibility index (Phi) is 4.98. The molecule has 0 aliphatic rings. The van der Waals surface area contributed by atoms with Crippen LogP contribution < -0.4 is 4.74 Å². The molecular formula is C12H14O2S. The van der Waals surface area contributed by atoms with Crippen LogP contribution in [0, 0.1) is 0 Å². The van der Waals surface area contributed by atoms with Crippen molar-refractivity contribution in [1.29, 1.82) is 0 Å². The molecular weight excluding hydrogens is 208 g/mol. The van der Waals surface area contributed by atoms with Gasteiger partial charge in [0.1, 0.15) is 18.6 Å². The number of carbonyl (C=O) groups excluding carboxylic acids is 1. The lowest BCUT2D eigenvalue weighted by molar-refractivity contribution is -0.104. The third-order valence-corrected chi connectivity index (χ3v) is 2.64. The minimum atomic E-state index is 0.434. The van der Waals surface area contributed by atoms with Crippen LogP contribution in [0.2, 0.25) is 0 Å². The molecule has 0 N–H and O–H groups in total. The van der Waals surface area contributed by atoms with E-state index in [4.69, 9.17) is 4.74 Å². The van der Waals surface area contributed by atoms with Crippen molar-refractivity contribution in [1.82, 2.24) is 0 Å². The number of hydrogen-bond donors (Lipinski definition) is 0. The summed E-state index contributed by atoms with van der Waals surface area (Å²) < 4.78 is 5.43. The number of rotatable bonds is 5. The van der Waals surface area contributed by atoms with Gasteiger partial charge in [-0.3, -0.25) is 4.79 Å². The Bertz CT molecular complexity index is 341. The average molecular weight is 222 g/mol. The van der Waals surface area contributed by atoms with Crippen molar-refractivity contribution in [2.24, 2.45) is 0 Å². The van der Waals surface area contributed by atoms with Gasteiger partial charge in [-0.05, 0) is 49.1 Å². The van der Waals surface area contributed by atoms with E-state index in [1.54, 1.807) is 24.8 Å². The molecule has 0 aliphatic heterocycles. The van der Waals surface area contributed by atoms with Crippen LogP contribution in [0.15, 0.2) is 40.8 Å². The van der Waals surface area contributed by atoms with E-state index in [1.165, 1.54) is 4.90 Å². The molecule has 2 nitrogen and oxygen atoms in total. The standard InChI is InChI=1S/C12H14O2S/c1-10(9-13)7-8-14-11-3-5-12(15-2)6-4-11/h3-7,9H,8H2,1-2H3. The first-order valence-corrected chi connectivity index (χ1v) is 5.87. The number of ether oxygens (including phenoxy) is 1. The van der Waals surface area contributed by atoms with Gasteiger partial charge in [-0.25, -0.2) is 0 Å². The van der Waals surface area contributed by atoms with Gasteiger partial charge < -0.3 is 4.74 Å². The van der Waals surface area contributed by atoms with E-state index in [2.05, 4.69) is 0 Å². The quantitative estimate of drug-likeness (QED) is 0.435. The summed E-state index contributed by atoms with van der Waals surface area (Å²) in [4.78, 5) is 11.5. The molecule has 80 valence electrons. The van der Waals surface area contributed by atoms with Crippen LogP contribution in [-0.4, -0.2) is 19.1 Å². The van der Waals surface area contributed by atoms with Crippen LogP contribution in [0.5, 0.6) is 5.75 Å². The zero-order chi connectivity index (χ0) is 11.1. The molecule has 3 heteroatoms. The third-order valence-electron chi connectivity index (χ3n) is 1.90. The lowest BCUT2D eigenvalue weighted by Gasteiger charge is -2.03. The Hall–Kier alpha value is -1.22. The third kappa shape index (κ3) is 4.21. The SMILES string of the molecule is CSc1ccc(OCC=C(C)C=O)cc1. The summed E-state index contributed by atoms with van der Waals surface area (Å²) in [5, 5.41) is 0. The maximum absolute atomic E-state index is 10.3. The van der Waals surface area contributed by atoms with Crippen LogP contribution in [0.25, 0.3) is 0 Å². The van der Waals surface area contributed by atoms with Gasteiger partial charge in [0.15, 0.2) is 0 Å². The van der Waals surface area contributed by atoms with Crippen LogP contribution in [-0.2, 0) is 4.79 Å². The molecule has 1 rings (SSSR count). The highest BCUT2D eigenvalue weighted by molar-refractivity contribution is 7.98. The zero-order valence-electron chi connectivity index (χ0n) is 8.90. The molecule has 1 aromatic carbocycles. The lowest BCUT2D eigenvalue weighted by Crippen LogP contribution is -1.94. The Morgan fingerprint density at radius 3 is 2.60 bits per heavy atom. The predicted octanol–water partition coefficient (Wildman–Crippen LogP) is 2.93. The Balaban J connectivity index is 2.47. The number of benzene rings is 1. The minimum Gasteiger partial charge on any atom is -0.490 e. The molecule has 0 fully saturated rings. The van der Waals surface area contributed by atoms with Crippen molar-refractivity contribution in [2.75, 3.05) is 12.9 Å². The van der Waals surface area contributed by atoms with Gasteiger partial charge in [0, 0.05) is 4.90 Å². The molecule has 0 unspecified atom stereocenters. The highest BCUT2D eigenvalue weighted by Gasteiger charge is 1.93. The van der Waals surface area contributed by atoms with Crippen molar-refractivity contribution < 1.29 is 9.53 Å². The predicted molar refractivity (Wildman–Crippen MR) is 63.5 cm³/mol. The molecule has 1 aromatic rings. The first kappa shape index (κ1) is 11.9. The molecule has 0 saturated heterocycles. The van der Waals surface area contributed by atoms with E-state index in [1.807, 2.05) is 30.5 Å². The van der Waals surface area contributed by atoms with Gasteiger partial charge in [-0.2, -0.15) is 0 Å². The summed E-state index contributed by atoms with van der Waals surface area (Å²) in [5.74, 6) is 0.822. The van der Waals surface area contributed by atoms with E-state index in [0.717, 1.165) is 12.0 Å². The molecule has 0 aliphatic carbocycles. The molecule has 15 heavy (non-hydrogen) atoms. The summed E-state index contributed by atoms with van der Waals surface area (Å²) >= 11 is 1.70.